The van der Waals surface area contributed by atoms with Gasteiger partial charge in [0.1, 0.15) is 0 Å². The molecule has 1 aliphatic carbocycles. The topological polar surface area (TPSA) is 4.93 Å². The maximum atomic E-state index is 2.49. The molecule has 47 heavy (non-hydrogen) atoms. The van der Waals surface area contributed by atoms with Crippen LogP contribution in [-0.4, -0.2) is 4.57 Å². The van der Waals surface area contributed by atoms with Gasteiger partial charge in [-0.2, -0.15) is 0 Å². The molecule has 0 saturated heterocycles. The predicted octanol–water partition coefficient (Wildman–Crippen LogP) is 12.6. The average molecular weight is 596 g/mol. The molecular formula is C46H29N. The van der Waals surface area contributed by atoms with Crippen LogP contribution in [0.5, 0.6) is 0 Å². The quantitative estimate of drug-likeness (QED) is 0.191. The largest absolute Gasteiger partial charge is 0.309 e. The van der Waals surface area contributed by atoms with Gasteiger partial charge in [0.25, 0.3) is 0 Å². The average Bonchev–Trinajstić information content (AvgIpc) is 3.43. The zero-order chi connectivity index (χ0) is 30.9. The fraction of sp³-hybridized carbons (Fsp3) is 0. The van der Waals surface area contributed by atoms with E-state index in [1.807, 2.05) is 0 Å². The van der Waals surface area contributed by atoms with Crippen molar-refractivity contribution in [3.8, 4) is 61.3 Å². The van der Waals surface area contributed by atoms with Crippen molar-refractivity contribution in [2.75, 3.05) is 0 Å². The minimum atomic E-state index is 1.16. The van der Waals surface area contributed by atoms with Crippen LogP contribution in [0, 0.1) is 0 Å². The Balaban J connectivity index is 1.32. The molecule has 9 aromatic rings. The summed E-state index contributed by atoms with van der Waals surface area (Å²) in [5, 5.41) is 5.24. The van der Waals surface area contributed by atoms with E-state index in [-0.39, 0.29) is 0 Å². The maximum absolute atomic E-state index is 2.49. The number of fused-ring (bicyclic) bond motifs is 2. The smallest absolute Gasteiger partial charge is 0.0553 e. The molecule has 0 atom stereocenters. The van der Waals surface area contributed by atoms with E-state index in [4.69, 9.17) is 0 Å². The number of benzene rings is 8. The van der Waals surface area contributed by atoms with E-state index in [9.17, 15) is 0 Å². The highest BCUT2D eigenvalue weighted by Gasteiger charge is 2.25. The Morgan fingerprint density at radius 2 is 0.809 bits per heavy atom. The summed E-state index contributed by atoms with van der Waals surface area (Å²) in [7, 11) is 0. The third kappa shape index (κ3) is 3.90. The lowest BCUT2D eigenvalue weighted by Gasteiger charge is -2.16. The monoisotopic (exact) mass is 595 g/mol. The summed E-state index contributed by atoms with van der Waals surface area (Å²) in [6.45, 7) is 0. The van der Waals surface area contributed by atoms with Crippen LogP contribution < -0.4 is 0 Å². The highest BCUT2D eigenvalue weighted by molar-refractivity contribution is 6.27. The molecule has 0 amide bonds. The first kappa shape index (κ1) is 26.1. The third-order valence-electron chi connectivity index (χ3n) is 9.91. The van der Waals surface area contributed by atoms with Crippen LogP contribution in [0.2, 0.25) is 0 Å². The van der Waals surface area contributed by atoms with Crippen molar-refractivity contribution < 1.29 is 0 Å². The van der Waals surface area contributed by atoms with E-state index >= 15 is 0 Å². The molecule has 1 aromatic heterocycles. The number of hydrogen-bond donors (Lipinski definition) is 0. The van der Waals surface area contributed by atoms with Crippen LogP contribution in [0.3, 0.4) is 0 Å². The highest BCUT2D eigenvalue weighted by Crippen LogP contribution is 2.50. The van der Waals surface area contributed by atoms with Gasteiger partial charge in [0, 0.05) is 16.5 Å². The van der Waals surface area contributed by atoms with Gasteiger partial charge >= 0.3 is 0 Å². The Morgan fingerprint density at radius 3 is 1.55 bits per heavy atom. The van der Waals surface area contributed by atoms with Crippen molar-refractivity contribution in [2.45, 2.75) is 0 Å². The summed E-state index contributed by atoms with van der Waals surface area (Å²) in [5.41, 5.74) is 16.1. The number of nitrogens with zero attached hydrogens (tertiary/aromatic N) is 1. The molecule has 8 aromatic carbocycles. The fourth-order valence-electron chi connectivity index (χ4n) is 7.90. The van der Waals surface area contributed by atoms with E-state index in [0.717, 1.165) is 5.69 Å². The van der Waals surface area contributed by atoms with Gasteiger partial charge in [-0.1, -0.05) is 146 Å². The first-order valence-electron chi connectivity index (χ1n) is 16.3. The molecule has 0 radical (unpaired) electrons. The molecule has 1 aliphatic rings. The van der Waals surface area contributed by atoms with Gasteiger partial charge in [-0.25, -0.2) is 0 Å². The summed E-state index contributed by atoms with van der Waals surface area (Å²) in [6, 6.07) is 64.5. The molecule has 0 aliphatic heterocycles. The van der Waals surface area contributed by atoms with Gasteiger partial charge in [0.05, 0.1) is 11.0 Å². The fourth-order valence-corrected chi connectivity index (χ4v) is 7.90. The van der Waals surface area contributed by atoms with Gasteiger partial charge < -0.3 is 4.57 Å². The first-order valence-corrected chi connectivity index (χ1v) is 16.3. The lowest BCUT2D eigenvalue weighted by molar-refractivity contribution is 1.18. The van der Waals surface area contributed by atoms with Crippen molar-refractivity contribution >= 4 is 32.6 Å². The molecule has 1 nitrogen and oxygen atoms in total. The number of hydrogen-bond acceptors (Lipinski definition) is 0. The van der Waals surface area contributed by atoms with Crippen molar-refractivity contribution in [3.63, 3.8) is 0 Å². The van der Waals surface area contributed by atoms with Gasteiger partial charge in [-0.05, 0) is 96.7 Å². The van der Waals surface area contributed by atoms with E-state index < -0.39 is 0 Å². The Labute approximate surface area is 273 Å². The Morgan fingerprint density at radius 1 is 0.277 bits per heavy atom. The van der Waals surface area contributed by atoms with Gasteiger partial charge in [-0.3, -0.25) is 0 Å². The second kappa shape index (κ2) is 10.2. The molecule has 0 saturated carbocycles. The normalized spacial score (nSPS) is 11.8. The summed E-state index contributed by atoms with van der Waals surface area (Å²) in [5.74, 6) is 0. The molecule has 0 N–H and O–H groups in total. The Kier molecular flexibility index (Phi) is 5.64. The summed E-state index contributed by atoms with van der Waals surface area (Å²) < 4.78 is 2.49. The van der Waals surface area contributed by atoms with Crippen LogP contribution in [0.15, 0.2) is 176 Å². The third-order valence-corrected chi connectivity index (χ3v) is 9.91. The van der Waals surface area contributed by atoms with E-state index in [1.165, 1.54) is 88.2 Å². The summed E-state index contributed by atoms with van der Waals surface area (Å²) in [6.07, 6.45) is 0. The minimum Gasteiger partial charge on any atom is -0.309 e. The molecule has 0 spiro atoms. The predicted molar refractivity (Wildman–Crippen MR) is 199 cm³/mol. The number of rotatable bonds is 4. The van der Waals surface area contributed by atoms with Gasteiger partial charge in [0.15, 0.2) is 0 Å². The SMILES string of the molecule is c1ccc(-c2cc3c4c5c(cccc5n(-c5cccc(-c6ccccc6-c6ccccc6)c5)c4c2)-c2cccc4cccc-3c24)cc1. The molecule has 0 unspecified atom stereocenters. The highest BCUT2D eigenvalue weighted by atomic mass is 15.0. The summed E-state index contributed by atoms with van der Waals surface area (Å²) >= 11 is 0. The molecule has 1 heterocycles. The van der Waals surface area contributed by atoms with Crippen LogP contribution in [0.1, 0.15) is 0 Å². The van der Waals surface area contributed by atoms with Crippen molar-refractivity contribution in [3.05, 3.63) is 176 Å². The second-order valence-corrected chi connectivity index (χ2v) is 12.5. The van der Waals surface area contributed by atoms with Crippen molar-refractivity contribution in [2.24, 2.45) is 0 Å². The Hall–Kier alpha value is -6.18. The minimum absolute atomic E-state index is 1.16. The van der Waals surface area contributed by atoms with Crippen LogP contribution in [-0.2, 0) is 0 Å². The van der Waals surface area contributed by atoms with E-state index in [1.54, 1.807) is 0 Å². The van der Waals surface area contributed by atoms with Crippen LogP contribution in [0.25, 0.3) is 93.9 Å². The zero-order valence-electron chi connectivity index (χ0n) is 25.7. The second-order valence-electron chi connectivity index (χ2n) is 12.5. The molecular weight excluding hydrogens is 567 g/mol. The van der Waals surface area contributed by atoms with E-state index in [0.29, 0.717) is 0 Å². The lowest BCUT2D eigenvalue weighted by Crippen LogP contribution is -1.96. The molecule has 10 rings (SSSR count). The lowest BCUT2D eigenvalue weighted by atomic mass is 9.92. The van der Waals surface area contributed by atoms with E-state index in [2.05, 4.69) is 180 Å². The standard InChI is InChI=1S/C46H29N/c1-3-13-30(14-4-1)34-28-41-40-24-11-18-32-17-10-23-38(44(32)40)39-25-12-26-42-45(39)46(41)43(29-34)47(42)35-20-9-19-33(27-35)37-22-8-7-21-36(37)31-15-5-2-6-16-31/h1-29H. The van der Waals surface area contributed by atoms with Crippen LogP contribution in [0.4, 0.5) is 0 Å². The number of aromatic nitrogens is 1. The molecule has 0 fully saturated rings. The zero-order valence-corrected chi connectivity index (χ0v) is 25.7. The molecule has 1 heteroatoms. The van der Waals surface area contributed by atoms with Crippen molar-refractivity contribution in [1.82, 2.24) is 4.57 Å². The van der Waals surface area contributed by atoms with Gasteiger partial charge in [-0.15, -0.1) is 0 Å². The maximum Gasteiger partial charge on any atom is 0.0553 e. The van der Waals surface area contributed by atoms with Gasteiger partial charge in [0.2, 0.25) is 0 Å². The van der Waals surface area contributed by atoms with Crippen LogP contribution >= 0.6 is 0 Å². The molecule has 218 valence electrons. The summed E-state index contributed by atoms with van der Waals surface area (Å²) in [4.78, 5) is 0. The Bertz CT molecular complexity index is 2650. The van der Waals surface area contributed by atoms with Crippen molar-refractivity contribution in [1.29, 1.82) is 0 Å². The first-order chi connectivity index (χ1) is 23.3. The molecule has 0 bridgehead atoms.